The molecule has 0 unspecified atom stereocenters. The van der Waals surface area contributed by atoms with E-state index in [4.69, 9.17) is 4.74 Å². The number of nitrogens with zero attached hydrogens (tertiary/aromatic N) is 4. The Morgan fingerprint density at radius 2 is 2.26 bits per heavy atom. The lowest BCUT2D eigenvalue weighted by molar-refractivity contribution is 0.199. The smallest absolute Gasteiger partial charge is 0.0693 e. The van der Waals surface area contributed by atoms with Gasteiger partial charge in [0.25, 0.3) is 0 Å². The molecule has 1 N–H and O–H groups in total. The van der Waals surface area contributed by atoms with Crippen LogP contribution in [0.1, 0.15) is 18.2 Å². The maximum Gasteiger partial charge on any atom is 0.0693 e. The standard InChI is InChI=1S/C13H21N5O/c1-3-17-10-12(8-16-17)11-18-13(4-5-15-18)9-14-6-7-19-2/h4-5,8,10,14H,3,6-7,9,11H2,1-2H3. The van der Waals surface area contributed by atoms with E-state index in [1.165, 1.54) is 11.3 Å². The highest BCUT2D eigenvalue weighted by atomic mass is 16.5. The molecule has 6 heteroatoms. The molecule has 0 saturated carbocycles. The monoisotopic (exact) mass is 263 g/mol. The van der Waals surface area contributed by atoms with Gasteiger partial charge in [-0.1, -0.05) is 0 Å². The molecule has 19 heavy (non-hydrogen) atoms. The molecule has 0 aliphatic carbocycles. The van der Waals surface area contributed by atoms with Crippen LogP contribution in [0.25, 0.3) is 0 Å². The van der Waals surface area contributed by atoms with E-state index in [1.807, 2.05) is 27.8 Å². The summed E-state index contributed by atoms with van der Waals surface area (Å²) < 4.78 is 8.93. The van der Waals surface area contributed by atoms with Gasteiger partial charge in [0.2, 0.25) is 0 Å². The molecule has 2 aromatic rings. The van der Waals surface area contributed by atoms with E-state index in [0.29, 0.717) is 0 Å². The highest BCUT2D eigenvalue weighted by Gasteiger charge is 2.04. The SMILES string of the molecule is CCn1cc(Cn2nccc2CNCCOC)cn1. The van der Waals surface area contributed by atoms with Gasteiger partial charge in [-0.15, -0.1) is 0 Å². The molecular weight excluding hydrogens is 242 g/mol. The second kappa shape index (κ2) is 7.06. The molecular formula is C13H21N5O. The van der Waals surface area contributed by atoms with Crippen LogP contribution < -0.4 is 5.32 Å². The number of hydrogen-bond acceptors (Lipinski definition) is 4. The van der Waals surface area contributed by atoms with Gasteiger partial charge in [-0.05, 0) is 13.0 Å². The van der Waals surface area contributed by atoms with Crippen molar-refractivity contribution in [1.29, 1.82) is 0 Å². The molecule has 0 atom stereocenters. The Morgan fingerprint density at radius 3 is 3.00 bits per heavy atom. The first-order valence-electron chi connectivity index (χ1n) is 6.55. The van der Waals surface area contributed by atoms with Crippen LogP contribution in [0.4, 0.5) is 0 Å². The van der Waals surface area contributed by atoms with Crippen molar-refractivity contribution >= 4 is 0 Å². The number of rotatable bonds is 8. The summed E-state index contributed by atoms with van der Waals surface area (Å²) in [5.41, 5.74) is 2.34. The third kappa shape index (κ3) is 3.90. The number of ether oxygens (including phenoxy) is 1. The highest BCUT2D eigenvalue weighted by Crippen LogP contribution is 2.05. The van der Waals surface area contributed by atoms with Crippen molar-refractivity contribution in [2.45, 2.75) is 26.6 Å². The summed E-state index contributed by atoms with van der Waals surface area (Å²) in [4.78, 5) is 0. The minimum absolute atomic E-state index is 0.720. The molecule has 2 aromatic heterocycles. The normalized spacial score (nSPS) is 11.1. The lowest BCUT2D eigenvalue weighted by Gasteiger charge is -2.07. The zero-order valence-corrected chi connectivity index (χ0v) is 11.5. The summed E-state index contributed by atoms with van der Waals surface area (Å²) in [5, 5.41) is 12.0. The second-order valence-corrected chi connectivity index (χ2v) is 4.35. The maximum absolute atomic E-state index is 5.01. The fourth-order valence-corrected chi connectivity index (χ4v) is 1.88. The van der Waals surface area contributed by atoms with E-state index in [2.05, 4.69) is 28.6 Å². The zero-order valence-electron chi connectivity index (χ0n) is 11.5. The van der Waals surface area contributed by atoms with Crippen LogP contribution in [-0.4, -0.2) is 39.8 Å². The Balaban J connectivity index is 1.91. The fraction of sp³-hybridized carbons (Fsp3) is 0.538. The number of nitrogens with one attached hydrogen (secondary N) is 1. The summed E-state index contributed by atoms with van der Waals surface area (Å²) in [5.74, 6) is 0. The molecule has 0 bridgehead atoms. The largest absolute Gasteiger partial charge is 0.383 e. The summed E-state index contributed by atoms with van der Waals surface area (Å²) in [6.07, 6.45) is 5.79. The number of aromatic nitrogens is 4. The summed E-state index contributed by atoms with van der Waals surface area (Å²) in [7, 11) is 1.71. The summed E-state index contributed by atoms with van der Waals surface area (Å²) in [6, 6.07) is 2.03. The highest BCUT2D eigenvalue weighted by molar-refractivity contribution is 5.08. The maximum atomic E-state index is 5.01. The molecule has 0 amide bonds. The van der Waals surface area contributed by atoms with Crippen LogP contribution in [0.3, 0.4) is 0 Å². The lowest BCUT2D eigenvalue weighted by Crippen LogP contribution is -2.21. The van der Waals surface area contributed by atoms with Gasteiger partial charge in [0.15, 0.2) is 0 Å². The first-order valence-corrected chi connectivity index (χ1v) is 6.55. The number of hydrogen-bond donors (Lipinski definition) is 1. The molecule has 0 radical (unpaired) electrons. The minimum Gasteiger partial charge on any atom is -0.383 e. The third-order valence-electron chi connectivity index (χ3n) is 2.94. The van der Waals surface area contributed by atoms with Crippen molar-refractivity contribution in [3.8, 4) is 0 Å². The van der Waals surface area contributed by atoms with E-state index in [9.17, 15) is 0 Å². The Hall–Kier alpha value is -1.66. The summed E-state index contributed by atoms with van der Waals surface area (Å²) in [6.45, 7) is 6.09. The van der Waals surface area contributed by atoms with Gasteiger partial charge in [-0.2, -0.15) is 10.2 Å². The molecule has 2 heterocycles. The van der Waals surface area contributed by atoms with Crippen LogP contribution in [0, 0.1) is 0 Å². The molecule has 104 valence electrons. The molecule has 0 aromatic carbocycles. The Labute approximate surface area is 113 Å². The van der Waals surface area contributed by atoms with Gasteiger partial charge in [0, 0.05) is 44.7 Å². The molecule has 0 aliphatic heterocycles. The van der Waals surface area contributed by atoms with Gasteiger partial charge < -0.3 is 10.1 Å². The van der Waals surface area contributed by atoms with Crippen molar-refractivity contribution in [2.24, 2.45) is 0 Å². The van der Waals surface area contributed by atoms with E-state index >= 15 is 0 Å². The predicted octanol–water partition coefficient (Wildman–Crippen LogP) is 0.884. The topological polar surface area (TPSA) is 56.9 Å². The van der Waals surface area contributed by atoms with Gasteiger partial charge in [0.05, 0.1) is 25.0 Å². The van der Waals surface area contributed by atoms with Crippen LogP contribution in [0.2, 0.25) is 0 Å². The van der Waals surface area contributed by atoms with Gasteiger partial charge >= 0.3 is 0 Å². The average molecular weight is 263 g/mol. The van der Waals surface area contributed by atoms with E-state index in [1.54, 1.807) is 7.11 Å². The van der Waals surface area contributed by atoms with Crippen molar-refractivity contribution in [2.75, 3.05) is 20.3 Å². The molecule has 0 saturated heterocycles. The molecule has 0 fully saturated rings. The summed E-state index contributed by atoms with van der Waals surface area (Å²) >= 11 is 0. The van der Waals surface area contributed by atoms with Crippen molar-refractivity contribution < 1.29 is 4.74 Å². The van der Waals surface area contributed by atoms with Gasteiger partial charge in [-0.3, -0.25) is 9.36 Å². The Kier molecular flexibility index (Phi) is 5.11. The Bertz CT molecular complexity index is 491. The minimum atomic E-state index is 0.720. The van der Waals surface area contributed by atoms with E-state index in [-0.39, 0.29) is 0 Å². The zero-order chi connectivity index (χ0) is 13.5. The second-order valence-electron chi connectivity index (χ2n) is 4.35. The third-order valence-corrected chi connectivity index (χ3v) is 2.94. The number of aryl methyl sites for hydroxylation is 1. The number of methoxy groups -OCH3 is 1. The van der Waals surface area contributed by atoms with E-state index < -0.39 is 0 Å². The van der Waals surface area contributed by atoms with Crippen LogP contribution in [-0.2, 0) is 24.4 Å². The Morgan fingerprint density at radius 1 is 1.37 bits per heavy atom. The molecule has 0 spiro atoms. The van der Waals surface area contributed by atoms with Crippen LogP contribution in [0.5, 0.6) is 0 Å². The molecule has 0 aliphatic rings. The predicted molar refractivity (Wildman–Crippen MR) is 72.8 cm³/mol. The van der Waals surface area contributed by atoms with Crippen molar-refractivity contribution in [1.82, 2.24) is 24.9 Å². The molecule has 6 nitrogen and oxygen atoms in total. The average Bonchev–Trinajstić information content (AvgIpc) is 3.05. The lowest BCUT2D eigenvalue weighted by atomic mass is 10.3. The van der Waals surface area contributed by atoms with Gasteiger partial charge in [0.1, 0.15) is 0 Å². The quantitative estimate of drug-likeness (QED) is 0.718. The van der Waals surface area contributed by atoms with Crippen LogP contribution in [0.15, 0.2) is 24.7 Å². The van der Waals surface area contributed by atoms with Crippen molar-refractivity contribution in [3.05, 3.63) is 35.9 Å². The first-order chi connectivity index (χ1) is 9.33. The van der Waals surface area contributed by atoms with Crippen LogP contribution >= 0.6 is 0 Å². The molecule has 2 rings (SSSR count). The van der Waals surface area contributed by atoms with E-state index in [0.717, 1.165) is 32.8 Å². The van der Waals surface area contributed by atoms with Gasteiger partial charge in [-0.25, -0.2) is 0 Å². The first kappa shape index (κ1) is 13.8. The van der Waals surface area contributed by atoms with Crippen molar-refractivity contribution in [3.63, 3.8) is 0 Å². The fourth-order valence-electron chi connectivity index (χ4n) is 1.88.